The summed E-state index contributed by atoms with van der Waals surface area (Å²) in [4.78, 5) is 0. The van der Waals surface area contributed by atoms with Gasteiger partial charge in [-0.25, -0.2) is 0 Å². The fraction of sp³-hybridized carbons (Fsp3) is 0.364. The van der Waals surface area contributed by atoms with Crippen LogP contribution in [0.1, 0.15) is 25.8 Å². The summed E-state index contributed by atoms with van der Waals surface area (Å²) in [5.74, 6) is 2.53. The minimum Gasteiger partial charge on any atom is -0.262 e. The van der Waals surface area contributed by atoms with E-state index in [0.29, 0.717) is 6.04 Å². The minimum absolute atomic E-state index is 0.617. The lowest BCUT2D eigenvalue weighted by Gasteiger charge is -1.95. The van der Waals surface area contributed by atoms with Gasteiger partial charge in [0.2, 0.25) is 0 Å². The maximum Gasteiger partial charge on any atom is 0.0649 e. The number of hydrogen-bond acceptors (Lipinski definition) is 1. The van der Waals surface area contributed by atoms with E-state index in [9.17, 15) is 0 Å². The molecule has 0 N–H and O–H groups in total. The average Bonchev–Trinajstić information content (AvgIpc) is 2.89. The summed E-state index contributed by atoms with van der Waals surface area (Å²) in [6.45, 7) is 2.02. The normalized spacial score (nSPS) is 19.1. The van der Waals surface area contributed by atoms with Gasteiger partial charge in [0.15, 0.2) is 0 Å². The van der Waals surface area contributed by atoms with Crippen molar-refractivity contribution in [3.05, 3.63) is 16.8 Å². The molecule has 66 valence electrons. The highest BCUT2D eigenvalue weighted by atomic mass is 15.3. The predicted octanol–water partition coefficient (Wildman–Crippen LogP) is 0.432. The van der Waals surface area contributed by atoms with Crippen LogP contribution in [0.2, 0.25) is 0 Å². The molecule has 0 aliphatic heterocycles. The Balaban J connectivity index is 2.63. The van der Waals surface area contributed by atoms with Crippen LogP contribution in [0.15, 0.2) is 6.20 Å². The summed E-state index contributed by atoms with van der Waals surface area (Å²) < 4.78 is 2.07. The number of hydrogen-bond donors (Lipinski definition) is 0. The third kappa shape index (κ3) is 1.38. The van der Waals surface area contributed by atoms with E-state index >= 15 is 0 Å². The van der Waals surface area contributed by atoms with Crippen molar-refractivity contribution in [1.82, 2.24) is 9.78 Å². The molecule has 0 unspecified atom stereocenters. The highest BCUT2D eigenvalue weighted by Crippen LogP contribution is 2.32. The van der Waals surface area contributed by atoms with E-state index in [2.05, 4.69) is 21.8 Å². The van der Waals surface area contributed by atoms with Crippen LogP contribution in [0, 0.1) is 12.3 Å². The zero-order chi connectivity index (χ0) is 9.26. The van der Waals surface area contributed by atoms with Crippen LogP contribution >= 0.6 is 0 Å². The highest BCUT2D eigenvalue weighted by Gasteiger charge is 2.24. The molecule has 1 aliphatic carbocycles. The lowest BCUT2D eigenvalue weighted by atomic mass is 10.4. The van der Waals surface area contributed by atoms with Crippen LogP contribution in [0.3, 0.4) is 0 Å². The molecular formula is C11H12N2. The van der Waals surface area contributed by atoms with Crippen LogP contribution in [-0.2, 0) is 0 Å². The monoisotopic (exact) mass is 172 g/mol. The molecule has 0 bridgehead atoms. The van der Waals surface area contributed by atoms with E-state index in [0.717, 1.165) is 10.6 Å². The molecule has 1 fully saturated rings. The molecule has 2 nitrogen and oxygen atoms in total. The van der Waals surface area contributed by atoms with Crippen molar-refractivity contribution < 1.29 is 0 Å². The third-order valence-electron chi connectivity index (χ3n) is 2.27. The molecular weight excluding hydrogens is 160 g/mol. The summed E-state index contributed by atoms with van der Waals surface area (Å²) in [6, 6.07) is 0.617. The van der Waals surface area contributed by atoms with Crippen molar-refractivity contribution in [2.45, 2.75) is 25.8 Å². The molecule has 2 rings (SSSR count). The van der Waals surface area contributed by atoms with Crippen molar-refractivity contribution >= 4 is 12.2 Å². The SMILES string of the molecule is C#C/C=c1/cnn(C2CC2)/c1=C/C. The second-order valence-corrected chi connectivity index (χ2v) is 3.26. The minimum atomic E-state index is 0.617. The van der Waals surface area contributed by atoms with Gasteiger partial charge in [-0.2, -0.15) is 5.10 Å². The van der Waals surface area contributed by atoms with Crippen molar-refractivity contribution in [3.8, 4) is 12.3 Å². The Labute approximate surface area is 77.6 Å². The van der Waals surface area contributed by atoms with Gasteiger partial charge in [-0.3, -0.25) is 4.68 Å². The van der Waals surface area contributed by atoms with Gasteiger partial charge in [0.25, 0.3) is 0 Å². The van der Waals surface area contributed by atoms with Gasteiger partial charge in [0.1, 0.15) is 0 Å². The van der Waals surface area contributed by atoms with Gasteiger partial charge < -0.3 is 0 Å². The van der Waals surface area contributed by atoms with Gasteiger partial charge in [-0.05, 0) is 25.8 Å². The first-order chi connectivity index (χ1) is 6.36. The maximum atomic E-state index is 5.23. The van der Waals surface area contributed by atoms with Gasteiger partial charge in [-0.15, -0.1) is 6.42 Å². The van der Waals surface area contributed by atoms with Crippen molar-refractivity contribution in [2.24, 2.45) is 0 Å². The van der Waals surface area contributed by atoms with Crippen LogP contribution in [0.25, 0.3) is 12.2 Å². The number of terminal acetylenes is 1. The van der Waals surface area contributed by atoms with Gasteiger partial charge in [0.05, 0.1) is 17.6 Å². The first kappa shape index (κ1) is 8.12. The lowest BCUT2D eigenvalue weighted by Crippen LogP contribution is -2.28. The van der Waals surface area contributed by atoms with Crippen molar-refractivity contribution in [2.75, 3.05) is 0 Å². The fourth-order valence-corrected chi connectivity index (χ4v) is 1.50. The van der Waals surface area contributed by atoms with Crippen LogP contribution in [0.5, 0.6) is 0 Å². The Kier molecular flexibility index (Phi) is 1.94. The van der Waals surface area contributed by atoms with E-state index in [1.165, 1.54) is 12.8 Å². The smallest absolute Gasteiger partial charge is 0.0649 e. The van der Waals surface area contributed by atoms with E-state index < -0.39 is 0 Å². The molecule has 13 heavy (non-hydrogen) atoms. The van der Waals surface area contributed by atoms with E-state index in [1.54, 1.807) is 6.08 Å². The molecule has 1 aliphatic rings. The standard InChI is InChI=1S/C11H12N2/c1-3-5-9-8-12-13(10-6-7-10)11(9)4-2/h1,4-5,8,10H,6-7H2,2H3/b9-5-,11-4+. The Morgan fingerprint density at radius 3 is 3.00 bits per heavy atom. The molecule has 0 aromatic carbocycles. The maximum absolute atomic E-state index is 5.23. The third-order valence-corrected chi connectivity index (χ3v) is 2.27. The molecule has 1 aromatic rings. The highest BCUT2D eigenvalue weighted by molar-refractivity contribution is 5.43. The molecule has 1 aromatic heterocycles. The lowest BCUT2D eigenvalue weighted by molar-refractivity contribution is 0.622. The van der Waals surface area contributed by atoms with Crippen LogP contribution in [0.4, 0.5) is 0 Å². The summed E-state index contributed by atoms with van der Waals surface area (Å²) in [5, 5.41) is 6.53. The van der Waals surface area contributed by atoms with E-state index in [-0.39, 0.29) is 0 Å². The second-order valence-electron chi connectivity index (χ2n) is 3.26. The molecule has 2 heteroatoms. The molecule has 0 spiro atoms. The average molecular weight is 172 g/mol. The molecule has 0 radical (unpaired) electrons. The topological polar surface area (TPSA) is 17.8 Å². The summed E-state index contributed by atoms with van der Waals surface area (Å²) in [5.41, 5.74) is 0. The summed E-state index contributed by atoms with van der Waals surface area (Å²) in [6.07, 6.45) is 13.4. The summed E-state index contributed by atoms with van der Waals surface area (Å²) >= 11 is 0. The van der Waals surface area contributed by atoms with Crippen LogP contribution in [-0.4, -0.2) is 9.78 Å². The van der Waals surface area contributed by atoms with Crippen LogP contribution < -0.4 is 10.6 Å². The van der Waals surface area contributed by atoms with Gasteiger partial charge in [-0.1, -0.05) is 12.0 Å². The van der Waals surface area contributed by atoms with Gasteiger partial charge >= 0.3 is 0 Å². The Morgan fingerprint density at radius 2 is 2.46 bits per heavy atom. The quantitative estimate of drug-likeness (QED) is 0.562. The number of rotatable bonds is 1. The fourth-order valence-electron chi connectivity index (χ4n) is 1.50. The largest absolute Gasteiger partial charge is 0.262 e. The Morgan fingerprint density at radius 1 is 1.69 bits per heavy atom. The predicted molar refractivity (Wildman–Crippen MR) is 53.2 cm³/mol. The first-order valence-corrected chi connectivity index (χ1v) is 4.53. The zero-order valence-corrected chi connectivity index (χ0v) is 7.70. The number of nitrogens with zero attached hydrogens (tertiary/aromatic N) is 2. The first-order valence-electron chi connectivity index (χ1n) is 4.53. The molecule has 0 atom stereocenters. The van der Waals surface area contributed by atoms with Crippen molar-refractivity contribution in [3.63, 3.8) is 0 Å². The zero-order valence-electron chi connectivity index (χ0n) is 7.70. The summed E-state index contributed by atoms with van der Waals surface area (Å²) in [7, 11) is 0. The van der Waals surface area contributed by atoms with Crippen molar-refractivity contribution in [1.29, 1.82) is 0 Å². The molecule has 0 amide bonds. The van der Waals surface area contributed by atoms with Gasteiger partial charge in [0, 0.05) is 5.22 Å². The number of aromatic nitrogens is 2. The Bertz CT molecular complexity index is 455. The van der Waals surface area contributed by atoms with E-state index in [1.807, 2.05) is 13.1 Å². The Hall–Kier alpha value is -1.49. The molecule has 1 saturated carbocycles. The molecule has 1 heterocycles. The second kappa shape index (κ2) is 3.10. The van der Waals surface area contributed by atoms with E-state index in [4.69, 9.17) is 6.42 Å². The molecule has 0 saturated heterocycles.